The van der Waals surface area contributed by atoms with E-state index >= 15 is 0 Å². The minimum Gasteiger partial charge on any atom is -0.338 e. The molecule has 0 bridgehead atoms. The van der Waals surface area contributed by atoms with Crippen molar-refractivity contribution in [2.75, 3.05) is 12.4 Å². The van der Waals surface area contributed by atoms with Gasteiger partial charge in [-0.15, -0.1) is 11.6 Å². The number of benzene rings is 1. The average Bonchev–Trinajstić information content (AvgIpc) is 2.46. The third-order valence-electron chi connectivity index (χ3n) is 2.91. The number of hydrogen-bond donors (Lipinski definition) is 0. The second-order valence-electron chi connectivity index (χ2n) is 4.62. The summed E-state index contributed by atoms with van der Waals surface area (Å²) in [6, 6.07) is 9.41. The minimum atomic E-state index is -0.161. The van der Waals surface area contributed by atoms with Crippen LogP contribution in [-0.2, 0) is 11.3 Å². The van der Waals surface area contributed by atoms with E-state index < -0.39 is 0 Å². The van der Waals surface area contributed by atoms with E-state index in [1.807, 2.05) is 30.9 Å². The van der Waals surface area contributed by atoms with Crippen molar-refractivity contribution in [3.05, 3.63) is 35.4 Å². The lowest BCUT2D eigenvalue weighted by atomic mass is 10.1. The van der Waals surface area contributed by atoms with Gasteiger partial charge in [0.15, 0.2) is 0 Å². The molecule has 0 saturated heterocycles. The first kappa shape index (κ1) is 15.5. The Bertz CT molecular complexity index is 450. The number of nitrogens with zero attached hydrogens (tertiary/aromatic N) is 2. The number of carbonyl (C=O) groups is 1. The van der Waals surface area contributed by atoms with E-state index in [4.69, 9.17) is 16.9 Å². The average molecular weight is 279 g/mol. The standard InChI is InChI=1S/C15H19ClN2O/c1-3-8-18(15(19)12(2)9-16)11-14-6-4-13(10-17)5-7-14/h4-7,12H,3,8-9,11H2,1-2H3. The molecular weight excluding hydrogens is 260 g/mol. The van der Waals surface area contributed by atoms with E-state index in [2.05, 4.69) is 6.07 Å². The Labute approximate surface area is 119 Å². The summed E-state index contributed by atoms with van der Waals surface area (Å²) in [5, 5.41) is 8.76. The summed E-state index contributed by atoms with van der Waals surface area (Å²) in [6.07, 6.45) is 0.914. The lowest BCUT2D eigenvalue weighted by Gasteiger charge is -2.24. The first-order chi connectivity index (χ1) is 9.12. The van der Waals surface area contributed by atoms with E-state index in [0.29, 0.717) is 18.0 Å². The molecule has 4 heteroatoms. The van der Waals surface area contributed by atoms with Crippen LogP contribution in [-0.4, -0.2) is 23.2 Å². The Morgan fingerprint density at radius 3 is 2.53 bits per heavy atom. The number of nitriles is 1. The van der Waals surface area contributed by atoms with Gasteiger partial charge in [0, 0.05) is 24.9 Å². The van der Waals surface area contributed by atoms with Crippen molar-refractivity contribution in [3.8, 4) is 6.07 Å². The van der Waals surface area contributed by atoms with Crippen molar-refractivity contribution in [3.63, 3.8) is 0 Å². The van der Waals surface area contributed by atoms with Gasteiger partial charge in [0.05, 0.1) is 11.6 Å². The maximum atomic E-state index is 12.2. The molecule has 1 atom stereocenters. The molecule has 1 unspecified atom stereocenters. The normalized spacial score (nSPS) is 11.7. The molecule has 19 heavy (non-hydrogen) atoms. The van der Waals surface area contributed by atoms with Crippen molar-refractivity contribution in [1.29, 1.82) is 5.26 Å². The Balaban J connectivity index is 2.77. The van der Waals surface area contributed by atoms with E-state index in [1.165, 1.54) is 0 Å². The maximum Gasteiger partial charge on any atom is 0.226 e. The molecule has 1 amide bonds. The molecule has 0 N–H and O–H groups in total. The van der Waals surface area contributed by atoms with Crippen LogP contribution in [0.15, 0.2) is 24.3 Å². The van der Waals surface area contributed by atoms with Crippen LogP contribution in [0.25, 0.3) is 0 Å². The zero-order valence-electron chi connectivity index (χ0n) is 11.4. The highest BCUT2D eigenvalue weighted by Crippen LogP contribution is 2.12. The molecule has 0 saturated carbocycles. The summed E-state index contributed by atoms with van der Waals surface area (Å²) in [5.41, 5.74) is 1.66. The monoisotopic (exact) mass is 278 g/mol. The smallest absolute Gasteiger partial charge is 0.226 e. The van der Waals surface area contributed by atoms with Gasteiger partial charge in [-0.1, -0.05) is 26.0 Å². The Morgan fingerprint density at radius 2 is 2.05 bits per heavy atom. The molecule has 0 aliphatic carbocycles. The van der Waals surface area contributed by atoms with Gasteiger partial charge in [-0.2, -0.15) is 5.26 Å². The number of rotatable bonds is 6. The predicted molar refractivity (Wildman–Crippen MR) is 76.7 cm³/mol. The molecule has 0 aliphatic heterocycles. The van der Waals surface area contributed by atoms with Crippen LogP contribution < -0.4 is 0 Å². The number of alkyl halides is 1. The van der Waals surface area contributed by atoms with Gasteiger partial charge in [-0.05, 0) is 24.1 Å². The first-order valence-corrected chi connectivity index (χ1v) is 6.99. The molecule has 0 aliphatic rings. The molecule has 102 valence electrons. The highest BCUT2D eigenvalue weighted by Gasteiger charge is 2.19. The lowest BCUT2D eigenvalue weighted by Crippen LogP contribution is -2.36. The summed E-state index contributed by atoms with van der Waals surface area (Å²) in [5.74, 6) is 0.264. The molecule has 0 fully saturated rings. The molecule has 3 nitrogen and oxygen atoms in total. The highest BCUT2D eigenvalue weighted by atomic mass is 35.5. The molecule has 0 spiro atoms. The predicted octanol–water partition coefficient (Wildman–Crippen LogP) is 3.17. The van der Waals surface area contributed by atoms with Gasteiger partial charge >= 0.3 is 0 Å². The minimum absolute atomic E-state index is 0.0845. The van der Waals surface area contributed by atoms with Crippen molar-refractivity contribution >= 4 is 17.5 Å². The van der Waals surface area contributed by atoms with Gasteiger partial charge in [0.25, 0.3) is 0 Å². The Kier molecular flexibility index (Phi) is 6.38. The van der Waals surface area contributed by atoms with Crippen LogP contribution in [0.5, 0.6) is 0 Å². The van der Waals surface area contributed by atoms with Gasteiger partial charge in [0.2, 0.25) is 5.91 Å². The second kappa shape index (κ2) is 7.81. The maximum absolute atomic E-state index is 12.2. The van der Waals surface area contributed by atoms with Crippen LogP contribution in [0.4, 0.5) is 0 Å². The summed E-state index contributed by atoms with van der Waals surface area (Å²) in [7, 11) is 0. The van der Waals surface area contributed by atoms with Gasteiger partial charge in [-0.25, -0.2) is 0 Å². The second-order valence-corrected chi connectivity index (χ2v) is 4.93. The number of amides is 1. The Hall–Kier alpha value is -1.53. The number of carbonyl (C=O) groups excluding carboxylic acids is 1. The van der Waals surface area contributed by atoms with Crippen LogP contribution in [0, 0.1) is 17.2 Å². The largest absolute Gasteiger partial charge is 0.338 e. The zero-order chi connectivity index (χ0) is 14.3. The zero-order valence-corrected chi connectivity index (χ0v) is 12.2. The van der Waals surface area contributed by atoms with Crippen LogP contribution >= 0.6 is 11.6 Å². The van der Waals surface area contributed by atoms with E-state index in [1.54, 1.807) is 12.1 Å². The van der Waals surface area contributed by atoms with Gasteiger partial charge < -0.3 is 4.90 Å². The van der Waals surface area contributed by atoms with E-state index in [0.717, 1.165) is 18.5 Å². The van der Waals surface area contributed by atoms with Crippen LogP contribution in [0.1, 0.15) is 31.4 Å². The molecule has 1 aromatic rings. The van der Waals surface area contributed by atoms with Crippen molar-refractivity contribution < 1.29 is 4.79 Å². The quantitative estimate of drug-likeness (QED) is 0.750. The molecule has 1 aromatic carbocycles. The fourth-order valence-corrected chi connectivity index (χ4v) is 1.95. The number of hydrogen-bond acceptors (Lipinski definition) is 2. The molecular formula is C15H19ClN2O. The van der Waals surface area contributed by atoms with E-state index in [-0.39, 0.29) is 11.8 Å². The third-order valence-corrected chi connectivity index (χ3v) is 3.38. The first-order valence-electron chi connectivity index (χ1n) is 6.46. The molecule has 0 aromatic heterocycles. The van der Waals surface area contributed by atoms with Gasteiger partial charge in [0.1, 0.15) is 0 Å². The fourth-order valence-electron chi connectivity index (χ4n) is 1.82. The summed E-state index contributed by atoms with van der Waals surface area (Å²) in [6.45, 7) is 5.18. The topological polar surface area (TPSA) is 44.1 Å². The molecule has 1 rings (SSSR count). The fraction of sp³-hybridized carbons (Fsp3) is 0.467. The van der Waals surface area contributed by atoms with E-state index in [9.17, 15) is 4.79 Å². The SMILES string of the molecule is CCCN(Cc1ccc(C#N)cc1)C(=O)C(C)CCl. The summed E-state index contributed by atoms with van der Waals surface area (Å²) in [4.78, 5) is 14.0. The van der Waals surface area contributed by atoms with Crippen molar-refractivity contribution in [1.82, 2.24) is 4.90 Å². The summed E-state index contributed by atoms with van der Waals surface area (Å²) < 4.78 is 0. The number of halogens is 1. The Morgan fingerprint density at radius 1 is 1.42 bits per heavy atom. The lowest BCUT2D eigenvalue weighted by molar-refractivity contribution is -0.135. The van der Waals surface area contributed by atoms with Gasteiger partial charge in [-0.3, -0.25) is 4.79 Å². The third kappa shape index (κ3) is 4.57. The molecule has 0 radical (unpaired) electrons. The summed E-state index contributed by atoms with van der Waals surface area (Å²) >= 11 is 5.75. The highest BCUT2D eigenvalue weighted by molar-refractivity contribution is 6.19. The van der Waals surface area contributed by atoms with Crippen LogP contribution in [0.3, 0.4) is 0 Å². The van der Waals surface area contributed by atoms with Crippen molar-refractivity contribution in [2.45, 2.75) is 26.8 Å². The van der Waals surface area contributed by atoms with Crippen molar-refractivity contribution in [2.24, 2.45) is 5.92 Å². The van der Waals surface area contributed by atoms with Crippen LogP contribution in [0.2, 0.25) is 0 Å². The molecule has 0 heterocycles.